The van der Waals surface area contributed by atoms with E-state index in [0.29, 0.717) is 18.7 Å². The summed E-state index contributed by atoms with van der Waals surface area (Å²) >= 11 is 5.76. The summed E-state index contributed by atoms with van der Waals surface area (Å²) < 4.78 is 2.19. The third-order valence-corrected chi connectivity index (χ3v) is 4.37. The predicted octanol–water partition coefficient (Wildman–Crippen LogP) is 4.14. The number of phenols is 1. The lowest BCUT2D eigenvalue weighted by molar-refractivity contribution is -0.116. The highest BCUT2D eigenvalue weighted by atomic mass is 35.5. The van der Waals surface area contributed by atoms with E-state index in [9.17, 15) is 9.90 Å². The van der Waals surface area contributed by atoms with Gasteiger partial charge in [0.15, 0.2) is 0 Å². The number of hydrogen-bond donors (Lipinski definition) is 2. The molecular formula is C20H19ClN2O2. The van der Waals surface area contributed by atoms with E-state index in [1.54, 1.807) is 18.2 Å². The van der Waals surface area contributed by atoms with Crippen LogP contribution in [0.3, 0.4) is 0 Å². The number of aromatic nitrogens is 1. The molecule has 0 aliphatic heterocycles. The van der Waals surface area contributed by atoms with Gasteiger partial charge in [-0.1, -0.05) is 35.9 Å². The van der Waals surface area contributed by atoms with Crippen LogP contribution in [0, 0.1) is 6.92 Å². The summed E-state index contributed by atoms with van der Waals surface area (Å²) in [6.45, 7) is 3.31. The maximum atomic E-state index is 11.9. The van der Waals surface area contributed by atoms with E-state index in [0.717, 1.165) is 0 Å². The van der Waals surface area contributed by atoms with Crippen LogP contribution in [0.5, 0.6) is 5.75 Å². The maximum Gasteiger partial charge on any atom is 0.244 e. The summed E-state index contributed by atoms with van der Waals surface area (Å²) in [7, 11) is 0. The Morgan fingerprint density at radius 2 is 2.04 bits per heavy atom. The predicted molar refractivity (Wildman–Crippen MR) is 102 cm³/mol. The first kappa shape index (κ1) is 17.1. The van der Waals surface area contributed by atoms with Gasteiger partial charge >= 0.3 is 0 Å². The van der Waals surface area contributed by atoms with Gasteiger partial charge in [-0.15, -0.1) is 0 Å². The average molecular weight is 355 g/mol. The van der Waals surface area contributed by atoms with Crippen molar-refractivity contribution in [3.05, 3.63) is 70.9 Å². The summed E-state index contributed by atoms with van der Waals surface area (Å²) in [4.78, 5) is 11.9. The van der Waals surface area contributed by atoms with Crippen LogP contribution in [0.1, 0.15) is 11.3 Å². The van der Waals surface area contributed by atoms with Gasteiger partial charge in [0.2, 0.25) is 5.91 Å². The quantitative estimate of drug-likeness (QED) is 0.676. The van der Waals surface area contributed by atoms with Crippen LogP contribution in [0.15, 0.2) is 54.6 Å². The highest BCUT2D eigenvalue weighted by Crippen LogP contribution is 2.24. The van der Waals surface area contributed by atoms with Crippen LogP contribution in [-0.4, -0.2) is 22.1 Å². The minimum Gasteiger partial charge on any atom is -0.506 e. The second kappa shape index (κ2) is 7.45. The van der Waals surface area contributed by atoms with Crippen LogP contribution < -0.4 is 5.32 Å². The van der Waals surface area contributed by atoms with Gasteiger partial charge in [0, 0.05) is 30.4 Å². The summed E-state index contributed by atoms with van der Waals surface area (Å²) in [6.07, 6.45) is 3.09. The smallest absolute Gasteiger partial charge is 0.244 e. The van der Waals surface area contributed by atoms with Crippen molar-refractivity contribution in [3.63, 3.8) is 0 Å². The summed E-state index contributed by atoms with van der Waals surface area (Å²) in [5, 5.41) is 13.9. The molecule has 128 valence electrons. The molecule has 4 nitrogen and oxygen atoms in total. The topological polar surface area (TPSA) is 54.3 Å². The van der Waals surface area contributed by atoms with Crippen LogP contribution in [0.4, 0.5) is 0 Å². The molecule has 2 N–H and O–H groups in total. The molecule has 0 spiro atoms. The minimum absolute atomic E-state index is 0.000754. The Labute approximate surface area is 151 Å². The van der Waals surface area contributed by atoms with E-state index in [4.69, 9.17) is 11.6 Å². The lowest BCUT2D eigenvalue weighted by Gasteiger charge is -2.08. The molecule has 2 aromatic carbocycles. The van der Waals surface area contributed by atoms with Crippen LogP contribution in [0.2, 0.25) is 5.02 Å². The first-order valence-corrected chi connectivity index (χ1v) is 8.42. The first-order valence-electron chi connectivity index (χ1n) is 8.04. The van der Waals surface area contributed by atoms with E-state index in [1.807, 2.05) is 12.1 Å². The van der Waals surface area contributed by atoms with Gasteiger partial charge in [-0.05, 0) is 48.2 Å². The Kier molecular flexibility index (Phi) is 5.10. The molecule has 0 aliphatic carbocycles. The van der Waals surface area contributed by atoms with Crippen LogP contribution in [0.25, 0.3) is 17.0 Å². The molecule has 0 bridgehead atoms. The Bertz CT molecular complexity index is 944. The van der Waals surface area contributed by atoms with Crippen molar-refractivity contribution in [2.45, 2.75) is 13.5 Å². The molecule has 0 atom stereocenters. The Balaban J connectivity index is 1.58. The van der Waals surface area contributed by atoms with Gasteiger partial charge in [0.25, 0.3) is 0 Å². The molecule has 0 fully saturated rings. The number of benzene rings is 2. The zero-order valence-corrected chi connectivity index (χ0v) is 14.6. The van der Waals surface area contributed by atoms with Gasteiger partial charge in [-0.3, -0.25) is 4.79 Å². The number of rotatable bonds is 5. The molecule has 0 saturated heterocycles. The highest BCUT2D eigenvalue weighted by molar-refractivity contribution is 6.32. The molecular weight excluding hydrogens is 336 g/mol. The SMILES string of the molecule is Cc1cc2ccccc2n1CCNC(=O)C=Cc1ccc(Cl)c(O)c1. The average Bonchev–Trinajstić information content (AvgIpc) is 2.92. The third kappa shape index (κ3) is 4.03. The van der Waals surface area contributed by atoms with Gasteiger partial charge in [0.1, 0.15) is 5.75 Å². The Hall–Kier alpha value is -2.72. The number of hydrogen-bond acceptors (Lipinski definition) is 2. The number of nitrogens with zero attached hydrogens (tertiary/aromatic N) is 1. The lowest BCUT2D eigenvalue weighted by atomic mass is 10.2. The van der Waals surface area contributed by atoms with Crippen molar-refractivity contribution in [1.29, 1.82) is 0 Å². The largest absolute Gasteiger partial charge is 0.506 e. The minimum atomic E-state index is -0.177. The Morgan fingerprint density at radius 3 is 2.84 bits per heavy atom. The fourth-order valence-electron chi connectivity index (χ4n) is 2.80. The number of carbonyl (C=O) groups excluding carboxylic acids is 1. The molecule has 1 amide bonds. The van der Waals surface area contributed by atoms with E-state index in [-0.39, 0.29) is 16.7 Å². The molecule has 3 rings (SSSR count). The number of fused-ring (bicyclic) bond motifs is 1. The highest BCUT2D eigenvalue weighted by Gasteiger charge is 2.05. The molecule has 0 radical (unpaired) electrons. The summed E-state index contributed by atoms with van der Waals surface area (Å²) in [5.74, 6) is -0.178. The summed E-state index contributed by atoms with van der Waals surface area (Å²) in [6, 6.07) is 15.2. The number of para-hydroxylation sites is 1. The normalized spacial score (nSPS) is 11.3. The van der Waals surface area contributed by atoms with Crippen molar-refractivity contribution in [2.24, 2.45) is 0 Å². The van der Waals surface area contributed by atoms with Gasteiger partial charge in [-0.2, -0.15) is 0 Å². The second-order valence-electron chi connectivity index (χ2n) is 5.83. The first-order chi connectivity index (χ1) is 12.0. The number of halogens is 1. The number of phenolic OH excluding ortho intramolecular Hbond substituents is 1. The van der Waals surface area contributed by atoms with Crippen molar-refractivity contribution in [3.8, 4) is 5.75 Å². The molecule has 1 aromatic heterocycles. The van der Waals surface area contributed by atoms with E-state index >= 15 is 0 Å². The second-order valence-corrected chi connectivity index (χ2v) is 6.24. The van der Waals surface area contributed by atoms with Crippen molar-refractivity contribution < 1.29 is 9.90 Å². The fourth-order valence-corrected chi connectivity index (χ4v) is 2.92. The Morgan fingerprint density at radius 1 is 1.24 bits per heavy atom. The zero-order chi connectivity index (χ0) is 17.8. The van der Waals surface area contributed by atoms with Crippen molar-refractivity contribution in [2.75, 3.05) is 6.54 Å². The molecule has 5 heteroatoms. The molecule has 0 saturated carbocycles. The monoisotopic (exact) mass is 354 g/mol. The standard InChI is InChI=1S/C20H19ClN2O2/c1-14-12-16-4-2-3-5-18(16)23(14)11-10-22-20(25)9-7-15-6-8-17(21)19(24)13-15/h2-9,12-13,24H,10-11H2,1H3,(H,22,25). The van der Waals surface area contributed by atoms with E-state index in [1.165, 1.54) is 28.7 Å². The number of amides is 1. The molecule has 1 heterocycles. The number of aromatic hydroxyl groups is 1. The van der Waals surface area contributed by atoms with Gasteiger partial charge < -0.3 is 15.0 Å². The summed E-state index contributed by atoms with van der Waals surface area (Å²) in [5.41, 5.74) is 3.05. The lowest BCUT2D eigenvalue weighted by Crippen LogP contribution is -2.25. The molecule has 0 unspecified atom stereocenters. The zero-order valence-electron chi connectivity index (χ0n) is 13.9. The molecule has 3 aromatic rings. The van der Waals surface area contributed by atoms with Crippen molar-refractivity contribution >= 4 is 34.5 Å². The number of nitrogens with one attached hydrogen (secondary N) is 1. The molecule has 0 aliphatic rings. The van der Waals surface area contributed by atoms with E-state index < -0.39 is 0 Å². The van der Waals surface area contributed by atoms with Crippen LogP contribution >= 0.6 is 11.6 Å². The fraction of sp³-hybridized carbons (Fsp3) is 0.150. The van der Waals surface area contributed by atoms with Crippen molar-refractivity contribution in [1.82, 2.24) is 9.88 Å². The number of carbonyl (C=O) groups is 1. The molecule has 25 heavy (non-hydrogen) atoms. The van der Waals surface area contributed by atoms with E-state index in [2.05, 4.69) is 35.0 Å². The van der Waals surface area contributed by atoms with Gasteiger partial charge in [0.05, 0.1) is 5.02 Å². The van der Waals surface area contributed by atoms with Crippen LogP contribution in [-0.2, 0) is 11.3 Å². The maximum absolute atomic E-state index is 11.9. The van der Waals surface area contributed by atoms with Gasteiger partial charge in [-0.25, -0.2) is 0 Å². The number of aryl methyl sites for hydroxylation is 1. The third-order valence-electron chi connectivity index (χ3n) is 4.05.